The standard InChI is InChI=1S/C26H39NO3S/c1-26(2,3)30-25(29)27-13-11-19(12-14-27)24-16-21(17-31-24)23(28)15-20-9-6-8-18-7-4-5-10-22(18)20/h16-20,22H,4-15H2,1-3H3. The van der Waals surface area contributed by atoms with Crippen molar-refractivity contribution in [1.29, 1.82) is 0 Å². The Morgan fingerprint density at radius 1 is 1.03 bits per heavy atom. The van der Waals surface area contributed by atoms with Crippen molar-refractivity contribution in [3.05, 3.63) is 21.9 Å². The van der Waals surface area contributed by atoms with E-state index in [4.69, 9.17) is 4.74 Å². The minimum absolute atomic E-state index is 0.207. The van der Waals surface area contributed by atoms with Crippen LogP contribution in [0.15, 0.2) is 11.4 Å². The fourth-order valence-corrected chi connectivity index (χ4v) is 7.15. The molecule has 2 saturated carbocycles. The number of rotatable bonds is 4. The molecule has 1 aromatic heterocycles. The van der Waals surface area contributed by atoms with Crippen LogP contribution in [0.5, 0.6) is 0 Å². The van der Waals surface area contributed by atoms with Gasteiger partial charge in [0.05, 0.1) is 0 Å². The van der Waals surface area contributed by atoms with Crippen LogP contribution in [-0.2, 0) is 4.74 Å². The molecule has 0 spiro atoms. The molecule has 3 aliphatic rings. The number of thiophene rings is 1. The molecule has 1 aromatic rings. The quantitative estimate of drug-likeness (QED) is 0.467. The third kappa shape index (κ3) is 5.71. The highest BCUT2D eigenvalue weighted by molar-refractivity contribution is 7.10. The van der Waals surface area contributed by atoms with Crippen molar-refractivity contribution in [2.75, 3.05) is 13.1 Å². The summed E-state index contributed by atoms with van der Waals surface area (Å²) in [6, 6.07) is 2.15. The smallest absolute Gasteiger partial charge is 0.410 e. The third-order valence-corrected chi connectivity index (χ3v) is 8.76. The first-order valence-electron chi connectivity index (χ1n) is 12.4. The Hall–Kier alpha value is -1.36. The van der Waals surface area contributed by atoms with E-state index in [0.717, 1.165) is 49.8 Å². The second-order valence-corrected chi connectivity index (χ2v) is 11.9. The SMILES string of the molecule is CC(C)(C)OC(=O)N1CCC(c2cc(C(=O)CC3CCCC4CCCCC43)cs2)CC1. The lowest BCUT2D eigenvalue weighted by atomic mass is 9.64. The number of fused-ring (bicyclic) bond motifs is 1. The van der Waals surface area contributed by atoms with Gasteiger partial charge in [-0.2, -0.15) is 0 Å². The first kappa shape index (κ1) is 22.8. The van der Waals surface area contributed by atoms with Crippen molar-refractivity contribution in [3.8, 4) is 0 Å². The zero-order valence-electron chi connectivity index (χ0n) is 19.5. The summed E-state index contributed by atoms with van der Waals surface area (Å²) in [5.41, 5.74) is 0.472. The molecule has 172 valence electrons. The van der Waals surface area contributed by atoms with Crippen molar-refractivity contribution in [2.45, 2.75) is 96.5 Å². The minimum Gasteiger partial charge on any atom is -0.444 e. The van der Waals surface area contributed by atoms with E-state index >= 15 is 0 Å². The highest BCUT2D eigenvalue weighted by Crippen LogP contribution is 2.45. The summed E-state index contributed by atoms with van der Waals surface area (Å²) in [6.45, 7) is 7.18. The molecule has 0 aromatic carbocycles. The molecule has 2 heterocycles. The predicted octanol–water partition coefficient (Wildman–Crippen LogP) is 7.04. The Bertz CT molecular complexity index is 770. The lowest BCUT2D eigenvalue weighted by Gasteiger charge is -2.41. The molecular weight excluding hydrogens is 406 g/mol. The lowest BCUT2D eigenvalue weighted by molar-refractivity contribution is 0.0205. The molecule has 0 bridgehead atoms. The summed E-state index contributed by atoms with van der Waals surface area (Å²) in [6.07, 6.45) is 11.8. The lowest BCUT2D eigenvalue weighted by Crippen LogP contribution is -2.41. The Morgan fingerprint density at radius 2 is 1.74 bits per heavy atom. The third-order valence-electron chi connectivity index (χ3n) is 7.66. The molecule has 1 aliphatic heterocycles. The largest absolute Gasteiger partial charge is 0.444 e. The fraction of sp³-hybridized carbons (Fsp3) is 0.769. The number of nitrogens with zero attached hydrogens (tertiary/aromatic N) is 1. The molecule has 3 atom stereocenters. The van der Waals surface area contributed by atoms with Gasteiger partial charge in [-0.15, -0.1) is 11.3 Å². The number of likely N-dealkylation sites (tertiary alicyclic amines) is 1. The van der Waals surface area contributed by atoms with E-state index in [9.17, 15) is 9.59 Å². The van der Waals surface area contributed by atoms with E-state index in [1.165, 1.54) is 49.8 Å². The fourth-order valence-electron chi connectivity index (χ4n) is 6.07. The van der Waals surface area contributed by atoms with Gasteiger partial charge < -0.3 is 9.64 Å². The van der Waals surface area contributed by atoms with Crippen molar-refractivity contribution >= 4 is 23.2 Å². The molecular formula is C26H39NO3S. The van der Waals surface area contributed by atoms with E-state index in [1.807, 2.05) is 25.7 Å². The molecule has 4 nitrogen and oxygen atoms in total. The Labute approximate surface area is 191 Å². The number of amides is 1. The summed E-state index contributed by atoms with van der Waals surface area (Å²) in [4.78, 5) is 28.5. The summed E-state index contributed by atoms with van der Waals surface area (Å²) in [5.74, 6) is 3.08. The first-order valence-corrected chi connectivity index (χ1v) is 13.3. The van der Waals surface area contributed by atoms with Gasteiger partial charge in [-0.05, 0) is 76.2 Å². The summed E-state index contributed by atoms with van der Waals surface area (Å²) in [5, 5.41) is 2.08. The van der Waals surface area contributed by atoms with Crippen LogP contribution in [0.25, 0.3) is 0 Å². The highest BCUT2D eigenvalue weighted by Gasteiger charge is 2.36. The van der Waals surface area contributed by atoms with E-state index in [1.54, 1.807) is 11.3 Å². The Morgan fingerprint density at radius 3 is 2.48 bits per heavy atom. The second kappa shape index (κ2) is 9.64. The monoisotopic (exact) mass is 445 g/mol. The predicted molar refractivity (Wildman–Crippen MR) is 126 cm³/mol. The Kier molecular flexibility index (Phi) is 7.10. The van der Waals surface area contributed by atoms with Crippen molar-refractivity contribution in [1.82, 2.24) is 4.90 Å². The molecule has 1 amide bonds. The van der Waals surface area contributed by atoms with Crippen LogP contribution >= 0.6 is 11.3 Å². The molecule has 31 heavy (non-hydrogen) atoms. The topological polar surface area (TPSA) is 46.6 Å². The number of hydrogen-bond donors (Lipinski definition) is 0. The van der Waals surface area contributed by atoms with Crippen molar-refractivity contribution in [2.24, 2.45) is 17.8 Å². The zero-order valence-corrected chi connectivity index (χ0v) is 20.3. The van der Waals surface area contributed by atoms with E-state index in [0.29, 0.717) is 17.6 Å². The van der Waals surface area contributed by atoms with Crippen LogP contribution in [0.4, 0.5) is 4.79 Å². The van der Waals surface area contributed by atoms with Gasteiger partial charge in [0.2, 0.25) is 0 Å². The second-order valence-electron chi connectivity index (χ2n) is 11.0. The average Bonchev–Trinajstić information content (AvgIpc) is 3.23. The number of carbonyl (C=O) groups excluding carboxylic acids is 2. The average molecular weight is 446 g/mol. The van der Waals surface area contributed by atoms with Gasteiger partial charge in [-0.1, -0.05) is 32.1 Å². The molecule has 3 fully saturated rings. The number of carbonyl (C=O) groups is 2. The summed E-state index contributed by atoms with van der Waals surface area (Å²) in [7, 11) is 0. The minimum atomic E-state index is -0.451. The number of piperidine rings is 1. The van der Waals surface area contributed by atoms with E-state index < -0.39 is 5.60 Å². The van der Waals surface area contributed by atoms with Crippen molar-refractivity contribution in [3.63, 3.8) is 0 Å². The molecule has 5 heteroatoms. The van der Waals surface area contributed by atoms with Crippen LogP contribution in [0.3, 0.4) is 0 Å². The van der Waals surface area contributed by atoms with Crippen LogP contribution in [0, 0.1) is 17.8 Å². The first-order chi connectivity index (χ1) is 14.8. The maximum Gasteiger partial charge on any atom is 0.410 e. The molecule has 2 aliphatic carbocycles. The van der Waals surface area contributed by atoms with Crippen molar-refractivity contribution < 1.29 is 14.3 Å². The molecule has 1 saturated heterocycles. The van der Waals surface area contributed by atoms with Crippen LogP contribution < -0.4 is 0 Å². The maximum atomic E-state index is 13.1. The van der Waals surface area contributed by atoms with Gasteiger partial charge in [-0.25, -0.2) is 4.79 Å². The summed E-state index contributed by atoms with van der Waals surface area (Å²) >= 11 is 1.73. The zero-order chi connectivity index (χ0) is 22.0. The van der Waals surface area contributed by atoms with Crippen LogP contribution in [-0.4, -0.2) is 35.5 Å². The number of ketones is 1. The van der Waals surface area contributed by atoms with E-state index in [2.05, 4.69) is 11.4 Å². The Balaban J connectivity index is 1.30. The number of Topliss-reactive ketones (excluding diaryl/α,β-unsaturated/α-hetero) is 1. The molecule has 0 N–H and O–H groups in total. The van der Waals surface area contributed by atoms with Gasteiger partial charge in [-0.3, -0.25) is 4.79 Å². The number of ether oxygens (including phenoxy) is 1. The molecule has 0 radical (unpaired) electrons. The van der Waals surface area contributed by atoms with Crippen LogP contribution in [0.1, 0.15) is 106 Å². The number of hydrogen-bond acceptors (Lipinski definition) is 4. The van der Waals surface area contributed by atoms with Gasteiger partial charge >= 0.3 is 6.09 Å². The molecule has 4 rings (SSSR count). The molecule has 3 unspecified atom stereocenters. The normalized spacial score (nSPS) is 27.6. The van der Waals surface area contributed by atoms with Gasteiger partial charge in [0, 0.05) is 35.3 Å². The van der Waals surface area contributed by atoms with E-state index in [-0.39, 0.29) is 6.09 Å². The van der Waals surface area contributed by atoms with Crippen LogP contribution in [0.2, 0.25) is 0 Å². The van der Waals surface area contributed by atoms with Gasteiger partial charge in [0.25, 0.3) is 0 Å². The highest BCUT2D eigenvalue weighted by atomic mass is 32.1. The van der Waals surface area contributed by atoms with Gasteiger partial charge in [0.15, 0.2) is 5.78 Å². The maximum absolute atomic E-state index is 13.1. The summed E-state index contributed by atoms with van der Waals surface area (Å²) < 4.78 is 5.51. The van der Waals surface area contributed by atoms with Gasteiger partial charge in [0.1, 0.15) is 5.60 Å².